The highest BCUT2D eigenvalue weighted by molar-refractivity contribution is 5.79. The highest BCUT2D eigenvalue weighted by Gasteiger charge is 2.07. The summed E-state index contributed by atoms with van der Waals surface area (Å²) in [5, 5.41) is 3.07. The van der Waals surface area contributed by atoms with Crippen LogP contribution in [0.1, 0.15) is 5.56 Å². The predicted octanol–water partition coefficient (Wildman–Crippen LogP) is 1.48. The molecule has 1 N–H and O–H groups in total. The second-order valence-corrected chi connectivity index (χ2v) is 3.31. The Kier molecular flexibility index (Phi) is 1.84. The van der Waals surface area contributed by atoms with E-state index >= 15 is 0 Å². The molecule has 0 saturated carbocycles. The molecule has 1 aromatic heterocycles. The summed E-state index contributed by atoms with van der Waals surface area (Å²) in [7, 11) is 3.55. The van der Waals surface area contributed by atoms with Crippen molar-refractivity contribution in [2.24, 2.45) is 7.05 Å². The van der Waals surface area contributed by atoms with E-state index in [2.05, 4.69) is 5.32 Å². The summed E-state index contributed by atoms with van der Waals surface area (Å²) in [6, 6.07) is 3.78. The Hall–Kier alpha value is -1.71. The number of nitrogens with zero attached hydrogens (tertiary/aromatic N) is 1. The van der Waals surface area contributed by atoms with Gasteiger partial charge in [-0.15, -0.1) is 0 Å². The Bertz CT molecular complexity index is 537. The van der Waals surface area contributed by atoms with Crippen LogP contribution in [0.2, 0.25) is 0 Å². The van der Waals surface area contributed by atoms with Gasteiger partial charge in [0.25, 0.3) is 0 Å². The van der Waals surface area contributed by atoms with Crippen molar-refractivity contribution >= 4 is 16.8 Å². The molecule has 4 nitrogen and oxygen atoms in total. The fourth-order valence-electron chi connectivity index (χ4n) is 1.54. The molecule has 0 aliphatic carbocycles. The first-order chi connectivity index (χ1) is 6.63. The maximum absolute atomic E-state index is 11.2. The highest BCUT2D eigenvalue weighted by Crippen LogP contribution is 2.21. The maximum atomic E-state index is 11.2. The average Bonchev–Trinajstić information content (AvgIpc) is 2.41. The van der Waals surface area contributed by atoms with Crippen LogP contribution >= 0.6 is 0 Å². The van der Waals surface area contributed by atoms with E-state index in [1.807, 2.05) is 26.1 Å². The van der Waals surface area contributed by atoms with Crippen molar-refractivity contribution in [3.63, 3.8) is 0 Å². The van der Waals surface area contributed by atoms with Crippen LogP contribution in [0.5, 0.6) is 0 Å². The van der Waals surface area contributed by atoms with Gasteiger partial charge in [0.05, 0.1) is 5.52 Å². The summed E-state index contributed by atoms with van der Waals surface area (Å²) in [5.41, 5.74) is 3.52. The third-order valence-electron chi connectivity index (χ3n) is 2.41. The first-order valence-corrected chi connectivity index (χ1v) is 4.41. The molecule has 14 heavy (non-hydrogen) atoms. The number of hydrogen-bond donors (Lipinski definition) is 1. The van der Waals surface area contributed by atoms with Crippen molar-refractivity contribution < 1.29 is 4.42 Å². The van der Waals surface area contributed by atoms with Crippen LogP contribution in [0.25, 0.3) is 11.1 Å². The minimum atomic E-state index is -0.326. The molecule has 0 spiro atoms. The van der Waals surface area contributed by atoms with Gasteiger partial charge in [-0.3, -0.25) is 4.57 Å². The summed E-state index contributed by atoms with van der Waals surface area (Å²) >= 11 is 0. The molecule has 0 unspecified atom stereocenters. The Balaban J connectivity index is 2.87. The number of hydrogen-bond acceptors (Lipinski definition) is 3. The van der Waals surface area contributed by atoms with Gasteiger partial charge in [0.1, 0.15) is 0 Å². The molecule has 74 valence electrons. The van der Waals surface area contributed by atoms with Crippen LogP contribution in [0, 0.1) is 6.92 Å². The first kappa shape index (κ1) is 8.87. The van der Waals surface area contributed by atoms with Gasteiger partial charge in [-0.25, -0.2) is 4.79 Å². The zero-order chi connectivity index (χ0) is 10.3. The molecule has 2 rings (SSSR count). The topological polar surface area (TPSA) is 47.2 Å². The lowest BCUT2D eigenvalue weighted by Gasteiger charge is -2.04. The normalized spacial score (nSPS) is 10.8. The van der Waals surface area contributed by atoms with Crippen LogP contribution in [0.4, 0.5) is 5.69 Å². The molecule has 0 aliphatic rings. The number of benzene rings is 1. The van der Waals surface area contributed by atoms with Gasteiger partial charge in [0.2, 0.25) is 0 Å². The lowest BCUT2D eigenvalue weighted by Crippen LogP contribution is -2.08. The number of aromatic nitrogens is 1. The van der Waals surface area contributed by atoms with E-state index in [1.54, 1.807) is 7.05 Å². The van der Waals surface area contributed by atoms with Crippen molar-refractivity contribution in [1.82, 2.24) is 4.57 Å². The molecule has 1 heterocycles. The van der Waals surface area contributed by atoms with Gasteiger partial charge >= 0.3 is 5.76 Å². The van der Waals surface area contributed by atoms with E-state index in [0.717, 1.165) is 16.8 Å². The van der Waals surface area contributed by atoms with Crippen molar-refractivity contribution in [1.29, 1.82) is 0 Å². The number of aryl methyl sites for hydroxylation is 2. The molecular weight excluding hydrogens is 180 g/mol. The van der Waals surface area contributed by atoms with Crippen LogP contribution in [0.15, 0.2) is 21.3 Å². The monoisotopic (exact) mass is 192 g/mol. The van der Waals surface area contributed by atoms with Gasteiger partial charge in [-0.2, -0.15) is 0 Å². The second kappa shape index (κ2) is 2.90. The molecule has 0 bridgehead atoms. The lowest BCUT2D eigenvalue weighted by atomic mass is 10.2. The van der Waals surface area contributed by atoms with Crippen molar-refractivity contribution in [2.75, 3.05) is 12.4 Å². The number of nitrogens with one attached hydrogen (secondary N) is 1. The Labute approximate surface area is 81.1 Å². The molecule has 0 aliphatic heterocycles. The van der Waals surface area contributed by atoms with E-state index < -0.39 is 0 Å². The van der Waals surface area contributed by atoms with E-state index in [4.69, 9.17) is 4.42 Å². The molecule has 0 saturated heterocycles. The second-order valence-electron chi connectivity index (χ2n) is 3.31. The average molecular weight is 192 g/mol. The van der Waals surface area contributed by atoms with Gasteiger partial charge in [0.15, 0.2) is 5.58 Å². The summed E-state index contributed by atoms with van der Waals surface area (Å²) in [4.78, 5) is 11.2. The van der Waals surface area contributed by atoms with Crippen LogP contribution in [-0.4, -0.2) is 11.6 Å². The van der Waals surface area contributed by atoms with E-state index in [0.29, 0.717) is 5.58 Å². The number of oxazole rings is 1. The number of rotatable bonds is 1. The van der Waals surface area contributed by atoms with Crippen molar-refractivity contribution in [3.05, 3.63) is 28.2 Å². The van der Waals surface area contributed by atoms with E-state index in [1.165, 1.54) is 4.57 Å². The maximum Gasteiger partial charge on any atom is 0.419 e. The minimum absolute atomic E-state index is 0.326. The number of anilines is 1. The fraction of sp³-hybridized carbons (Fsp3) is 0.300. The zero-order valence-electron chi connectivity index (χ0n) is 8.42. The Morgan fingerprint density at radius 2 is 2.14 bits per heavy atom. The van der Waals surface area contributed by atoms with Gasteiger partial charge in [0, 0.05) is 19.8 Å². The lowest BCUT2D eigenvalue weighted by molar-refractivity contribution is 0.528. The fourth-order valence-corrected chi connectivity index (χ4v) is 1.54. The quantitative estimate of drug-likeness (QED) is 0.744. The van der Waals surface area contributed by atoms with Gasteiger partial charge < -0.3 is 9.73 Å². The summed E-state index contributed by atoms with van der Waals surface area (Å²) < 4.78 is 6.55. The standard InChI is InChI=1S/C10H12N2O2/c1-6-4-9-8(5-7(6)11-2)12(3)10(13)14-9/h4-5,11H,1-3H3. The Morgan fingerprint density at radius 3 is 2.79 bits per heavy atom. The molecule has 0 fully saturated rings. The third-order valence-corrected chi connectivity index (χ3v) is 2.41. The minimum Gasteiger partial charge on any atom is -0.408 e. The highest BCUT2D eigenvalue weighted by atomic mass is 16.4. The molecule has 0 radical (unpaired) electrons. The first-order valence-electron chi connectivity index (χ1n) is 4.41. The molecule has 4 heteroatoms. The summed E-state index contributed by atoms with van der Waals surface area (Å²) in [6.07, 6.45) is 0. The van der Waals surface area contributed by atoms with Crippen LogP contribution in [-0.2, 0) is 7.05 Å². The molecule has 0 amide bonds. The van der Waals surface area contributed by atoms with Gasteiger partial charge in [-0.1, -0.05) is 0 Å². The molecule has 1 aromatic carbocycles. The van der Waals surface area contributed by atoms with Crippen LogP contribution < -0.4 is 11.1 Å². The number of fused-ring (bicyclic) bond motifs is 1. The predicted molar refractivity (Wildman–Crippen MR) is 55.7 cm³/mol. The van der Waals surface area contributed by atoms with Crippen molar-refractivity contribution in [2.45, 2.75) is 6.92 Å². The molecule has 2 aromatic rings. The Morgan fingerprint density at radius 1 is 1.43 bits per heavy atom. The third kappa shape index (κ3) is 1.11. The van der Waals surface area contributed by atoms with E-state index in [9.17, 15) is 4.79 Å². The molecule has 0 atom stereocenters. The van der Waals surface area contributed by atoms with E-state index in [-0.39, 0.29) is 5.76 Å². The smallest absolute Gasteiger partial charge is 0.408 e. The van der Waals surface area contributed by atoms with Gasteiger partial charge in [-0.05, 0) is 24.6 Å². The SMILES string of the molecule is CNc1cc2c(cc1C)oc(=O)n2C. The zero-order valence-corrected chi connectivity index (χ0v) is 8.42. The largest absolute Gasteiger partial charge is 0.419 e. The summed E-state index contributed by atoms with van der Waals surface area (Å²) in [5.74, 6) is -0.326. The van der Waals surface area contributed by atoms with Crippen LogP contribution in [0.3, 0.4) is 0 Å². The van der Waals surface area contributed by atoms with Crippen molar-refractivity contribution in [3.8, 4) is 0 Å². The summed E-state index contributed by atoms with van der Waals surface area (Å²) in [6.45, 7) is 1.97. The molecular formula is C10H12N2O2.